The van der Waals surface area contributed by atoms with E-state index in [0.717, 1.165) is 22.2 Å². The highest BCUT2D eigenvalue weighted by atomic mass is 16.1. The summed E-state index contributed by atoms with van der Waals surface area (Å²) < 4.78 is 0. The molecule has 0 fully saturated rings. The second-order valence-corrected chi connectivity index (χ2v) is 8.31. The molecule has 0 aliphatic carbocycles. The number of rotatable bonds is 6. The molecule has 7 nitrogen and oxygen atoms in total. The maximum atomic E-state index is 12.6. The van der Waals surface area contributed by atoms with Crippen molar-refractivity contribution in [2.24, 2.45) is 0 Å². The molecule has 6 N–H and O–H groups in total. The lowest BCUT2D eigenvalue weighted by Crippen LogP contribution is -2.11. The number of amides is 1. The van der Waals surface area contributed by atoms with Gasteiger partial charge in [0.1, 0.15) is 5.82 Å². The van der Waals surface area contributed by atoms with E-state index in [2.05, 4.69) is 15.3 Å². The molecule has 172 valence electrons. The summed E-state index contributed by atoms with van der Waals surface area (Å²) in [4.78, 5) is 33.0. The number of fused-ring (bicyclic) bond motifs is 1. The Morgan fingerprint density at radius 2 is 1.40 bits per heavy atom. The quantitative estimate of drug-likeness (QED) is 0.207. The first-order valence-corrected chi connectivity index (χ1v) is 11.1. The molecule has 35 heavy (non-hydrogen) atoms. The Labute approximate surface area is 201 Å². The number of aromatic amines is 1. The van der Waals surface area contributed by atoms with Crippen molar-refractivity contribution in [1.29, 1.82) is 0 Å². The van der Waals surface area contributed by atoms with Crippen molar-refractivity contribution in [1.82, 2.24) is 9.97 Å². The Kier molecular flexibility index (Phi) is 5.73. The Balaban J connectivity index is 1.30. The van der Waals surface area contributed by atoms with Crippen molar-refractivity contribution in [3.63, 3.8) is 0 Å². The van der Waals surface area contributed by atoms with E-state index in [1.54, 1.807) is 48.5 Å². The maximum absolute atomic E-state index is 12.6. The van der Waals surface area contributed by atoms with Crippen molar-refractivity contribution >= 4 is 39.8 Å². The molecule has 1 amide bonds. The predicted octanol–water partition coefficient (Wildman–Crippen LogP) is 5.07. The molecule has 0 aliphatic rings. The Morgan fingerprint density at radius 3 is 2.06 bits per heavy atom. The third-order valence-electron chi connectivity index (χ3n) is 5.73. The lowest BCUT2D eigenvalue weighted by atomic mass is 10.0. The van der Waals surface area contributed by atoms with Crippen LogP contribution in [-0.2, 0) is 6.42 Å². The van der Waals surface area contributed by atoms with Gasteiger partial charge in [0.2, 0.25) is 0 Å². The van der Waals surface area contributed by atoms with E-state index in [0.29, 0.717) is 34.0 Å². The second kappa shape index (κ2) is 9.15. The molecule has 7 heteroatoms. The molecule has 0 unspecified atom stereocenters. The zero-order chi connectivity index (χ0) is 24.4. The average molecular weight is 462 g/mol. The Bertz CT molecular complexity index is 1520. The van der Waals surface area contributed by atoms with Gasteiger partial charge in [-0.2, -0.15) is 0 Å². The fourth-order valence-electron chi connectivity index (χ4n) is 3.81. The average Bonchev–Trinajstić information content (AvgIpc) is 3.29. The predicted molar refractivity (Wildman–Crippen MR) is 139 cm³/mol. The van der Waals surface area contributed by atoms with E-state index in [1.807, 2.05) is 42.5 Å². The number of nitrogen functional groups attached to an aromatic ring is 2. The third-order valence-corrected chi connectivity index (χ3v) is 5.73. The summed E-state index contributed by atoms with van der Waals surface area (Å²) in [5.41, 5.74) is 17.9. The molecule has 0 bridgehead atoms. The van der Waals surface area contributed by atoms with Gasteiger partial charge < -0.3 is 21.8 Å². The maximum Gasteiger partial charge on any atom is 0.255 e. The number of hydrogen-bond donors (Lipinski definition) is 4. The molecular formula is C28H23N5O2. The first-order valence-electron chi connectivity index (χ1n) is 11.1. The topological polar surface area (TPSA) is 127 Å². The highest BCUT2D eigenvalue weighted by Crippen LogP contribution is 2.24. The third kappa shape index (κ3) is 4.89. The van der Waals surface area contributed by atoms with Gasteiger partial charge in [-0.15, -0.1) is 0 Å². The van der Waals surface area contributed by atoms with Crippen LogP contribution in [0.25, 0.3) is 22.4 Å². The number of benzene rings is 4. The van der Waals surface area contributed by atoms with Gasteiger partial charge in [-0.25, -0.2) is 4.98 Å². The number of Topliss-reactive ketones (excluding diaryl/α,β-unsaturated/α-hetero) is 1. The number of carbonyl (C=O) groups excluding carboxylic acids is 2. The van der Waals surface area contributed by atoms with Crippen molar-refractivity contribution in [2.45, 2.75) is 6.42 Å². The molecule has 0 radical (unpaired) electrons. The number of hydrogen-bond acceptors (Lipinski definition) is 5. The van der Waals surface area contributed by atoms with Crippen LogP contribution in [0.1, 0.15) is 26.3 Å². The minimum Gasteiger partial charge on any atom is -0.399 e. The van der Waals surface area contributed by atoms with Crippen molar-refractivity contribution in [3.05, 3.63) is 108 Å². The van der Waals surface area contributed by atoms with Crippen LogP contribution in [0, 0.1) is 0 Å². The Morgan fingerprint density at radius 1 is 0.771 bits per heavy atom. The van der Waals surface area contributed by atoms with E-state index in [1.165, 1.54) is 0 Å². The first kappa shape index (κ1) is 21.9. The van der Waals surface area contributed by atoms with Crippen molar-refractivity contribution < 1.29 is 9.59 Å². The van der Waals surface area contributed by atoms with Crippen LogP contribution in [0.3, 0.4) is 0 Å². The second-order valence-electron chi connectivity index (χ2n) is 8.31. The summed E-state index contributed by atoms with van der Waals surface area (Å²) in [7, 11) is 0. The Hall–Kier alpha value is -4.91. The zero-order valence-electron chi connectivity index (χ0n) is 18.8. The van der Waals surface area contributed by atoms with Crippen LogP contribution in [0.2, 0.25) is 0 Å². The summed E-state index contributed by atoms with van der Waals surface area (Å²) in [6, 6.07) is 26.9. The summed E-state index contributed by atoms with van der Waals surface area (Å²) in [5, 5.41) is 2.88. The number of nitrogens with two attached hydrogens (primary N) is 2. The minimum absolute atomic E-state index is 0.0284. The van der Waals surface area contributed by atoms with Crippen LogP contribution in [0.5, 0.6) is 0 Å². The number of anilines is 3. The molecule has 0 atom stereocenters. The van der Waals surface area contributed by atoms with Gasteiger partial charge >= 0.3 is 0 Å². The fraction of sp³-hybridized carbons (Fsp3) is 0.0357. The highest BCUT2D eigenvalue weighted by molar-refractivity contribution is 6.04. The van der Waals surface area contributed by atoms with Crippen molar-refractivity contribution in [3.8, 4) is 11.4 Å². The zero-order valence-corrected chi connectivity index (χ0v) is 18.8. The molecule has 1 aromatic heterocycles. The van der Waals surface area contributed by atoms with Gasteiger partial charge in [0.25, 0.3) is 5.91 Å². The summed E-state index contributed by atoms with van der Waals surface area (Å²) in [5.74, 6) is 0.529. The molecule has 0 aliphatic heterocycles. The van der Waals surface area contributed by atoms with Crippen LogP contribution < -0.4 is 16.8 Å². The van der Waals surface area contributed by atoms with Gasteiger partial charge in [-0.1, -0.05) is 6.07 Å². The summed E-state index contributed by atoms with van der Waals surface area (Å²) in [6.45, 7) is 0. The van der Waals surface area contributed by atoms with Crippen LogP contribution >= 0.6 is 0 Å². The standard InChI is InChI=1S/C28H23N5O2/c29-21-8-2-18(3-9-21)26(34)16-17-1-14-24-25(15-17)33-27(32-24)19-6-12-23(13-7-19)31-28(35)20-4-10-22(30)11-5-20/h1-15H,16,29-30H2,(H,31,35)(H,32,33). The molecule has 4 aromatic carbocycles. The first-order chi connectivity index (χ1) is 16.9. The minimum atomic E-state index is -0.206. The lowest BCUT2D eigenvalue weighted by molar-refractivity contribution is 0.0991. The van der Waals surface area contributed by atoms with E-state index in [4.69, 9.17) is 11.5 Å². The smallest absolute Gasteiger partial charge is 0.255 e. The number of nitrogens with zero attached hydrogens (tertiary/aromatic N) is 1. The van der Waals surface area contributed by atoms with Gasteiger partial charge in [0, 0.05) is 40.2 Å². The monoisotopic (exact) mass is 461 g/mol. The molecular weight excluding hydrogens is 438 g/mol. The number of ketones is 1. The van der Waals surface area contributed by atoms with Gasteiger partial charge in [0.05, 0.1) is 11.0 Å². The van der Waals surface area contributed by atoms with Gasteiger partial charge in [-0.3, -0.25) is 9.59 Å². The highest BCUT2D eigenvalue weighted by Gasteiger charge is 2.11. The van der Waals surface area contributed by atoms with E-state index in [9.17, 15) is 9.59 Å². The van der Waals surface area contributed by atoms with Crippen LogP contribution in [0.15, 0.2) is 91.0 Å². The van der Waals surface area contributed by atoms with Gasteiger partial charge in [-0.05, 0) is 90.5 Å². The van der Waals surface area contributed by atoms with Crippen LogP contribution in [0.4, 0.5) is 17.1 Å². The molecule has 1 heterocycles. The SMILES string of the molecule is Nc1ccc(C(=O)Cc2ccc3nc(-c4ccc(NC(=O)c5ccc(N)cc5)cc4)[nH]c3c2)cc1. The van der Waals surface area contributed by atoms with E-state index in [-0.39, 0.29) is 18.1 Å². The molecule has 0 spiro atoms. The summed E-state index contributed by atoms with van der Waals surface area (Å²) >= 11 is 0. The molecule has 0 saturated heterocycles. The van der Waals surface area contributed by atoms with Gasteiger partial charge in [0.15, 0.2) is 5.78 Å². The van der Waals surface area contributed by atoms with Crippen molar-refractivity contribution in [2.75, 3.05) is 16.8 Å². The normalized spacial score (nSPS) is 10.9. The number of aromatic nitrogens is 2. The van der Waals surface area contributed by atoms with E-state index >= 15 is 0 Å². The number of imidazole rings is 1. The summed E-state index contributed by atoms with van der Waals surface area (Å²) in [6.07, 6.45) is 0.288. The number of nitrogens with one attached hydrogen (secondary N) is 2. The number of H-pyrrole nitrogens is 1. The number of carbonyl (C=O) groups is 2. The molecule has 5 rings (SSSR count). The largest absolute Gasteiger partial charge is 0.399 e. The van der Waals surface area contributed by atoms with Crippen LogP contribution in [-0.4, -0.2) is 21.7 Å². The molecule has 0 saturated carbocycles. The fourth-order valence-corrected chi connectivity index (χ4v) is 3.81. The van der Waals surface area contributed by atoms with E-state index < -0.39 is 0 Å². The molecule has 5 aromatic rings. The lowest BCUT2D eigenvalue weighted by Gasteiger charge is -2.06.